The Kier molecular flexibility index (Phi) is 5.91. The van der Waals surface area contributed by atoms with Crippen LogP contribution >= 0.6 is 0 Å². The molecule has 1 aliphatic rings. The highest BCUT2D eigenvalue weighted by Gasteiger charge is 2.26. The van der Waals surface area contributed by atoms with Gasteiger partial charge in [-0.3, -0.25) is 9.78 Å². The summed E-state index contributed by atoms with van der Waals surface area (Å²) in [5.74, 6) is 1.73. The third kappa shape index (κ3) is 4.23. The number of hydrogen-bond acceptors (Lipinski definition) is 6. The van der Waals surface area contributed by atoms with Crippen LogP contribution in [0.3, 0.4) is 0 Å². The standard InChI is InChI=1S/C19H22N2O5/c1-23-17-6-5-14(10-18(17)24-2)19(22)21-8-9-25-16(12-21)13-26-15-4-3-7-20-11-15/h3-7,10-11,16H,8-9,12-13H2,1-2H3. The number of carbonyl (C=O) groups is 1. The van der Waals surface area contributed by atoms with E-state index in [1.165, 1.54) is 0 Å². The first-order valence-corrected chi connectivity index (χ1v) is 8.37. The molecule has 138 valence electrons. The summed E-state index contributed by atoms with van der Waals surface area (Å²) in [6.45, 7) is 1.84. The summed E-state index contributed by atoms with van der Waals surface area (Å²) in [4.78, 5) is 18.6. The molecule has 0 radical (unpaired) electrons. The van der Waals surface area contributed by atoms with E-state index in [1.807, 2.05) is 12.1 Å². The monoisotopic (exact) mass is 358 g/mol. The molecule has 0 bridgehead atoms. The molecule has 1 fully saturated rings. The number of nitrogens with zero attached hydrogens (tertiary/aromatic N) is 2. The Morgan fingerprint density at radius 2 is 2.12 bits per heavy atom. The molecule has 0 N–H and O–H groups in total. The molecule has 26 heavy (non-hydrogen) atoms. The van der Waals surface area contributed by atoms with E-state index in [9.17, 15) is 4.79 Å². The van der Waals surface area contributed by atoms with Crippen LogP contribution in [0.5, 0.6) is 17.2 Å². The second kappa shape index (κ2) is 8.53. The molecular weight excluding hydrogens is 336 g/mol. The van der Waals surface area contributed by atoms with Crippen LogP contribution < -0.4 is 14.2 Å². The number of benzene rings is 1. The Balaban J connectivity index is 1.62. The van der Waals surface area contributed by atoms with Gasteiger partial charge in [0.05, 0.1) is 33.6 Å². The van der Waals surface area contributed by atoms with Crippen molar-refractivity contribution in [1.29, 1.82) is 0 Å². The number of rotatable bonds is 6. The van der Waals surface area contributed by atoms with Crippen LogP contribution in [0.4, 0.5) is 0 Å². The lowest BCUT2D eigenvalue weighted by molar-refractivity contribution is -0.0401. The van der Waals surface area contributed by atoms with Gasteiger partial charge in [0.25, 0.3) is 5.91 Å². The Hall–Kier alpha value is -2.80. The highest BCUT2D eigenvalue weighted by atomic mass is 16.5. The van der Waals surface area contributed by atoms with Crippen molar-refractivity contribution < 1.29 is 23.7 Å². The third-order valence-electron chi connectivity index (χ3n) is 4.13. The van der Waals surface area contributed by atoms with Crippen molar-refractivity contribution in [3.8, 4) is 17.2 Å². The molecule has 1 amide bonds. The highest BCUT2D eigenvalue weighted by Crippen LogP contribution is 2.28. The lowest BCUT2D eigenvalue weighted by atomic mass is 10.1. The SMILES string of the molecule is COc1ccc(C(=O)N2CCOC(COc3cccnc3)C2)cc1OC. The summed E-state index contributed by atoms with van der Waals surface area (Å²) in [7, 11) is 3.11. The Bertz CT molecular complexity index is 738. The molecule has 1 aromatic carbocycles. The van der Waals surface area contributed by atoms with Gasteiger partial charge in [0, 0.05) is 18.3 Å². The van der Waals surface area contributed by atoms with Crippen molar-refractivity contribution >= 4 is 5.91 Å². The van der Waals surface area contributed by atoms with Gasteiger partial charge in [-0.05, 0) is 30.3 Å². The van der Waals surface area contributed by atoms with Crippen LogP contribution in [-0.4, -0.2) is 62.4 Å². The van der Waals surface area contributed by atoms with E-state index in [0.717, 1.165) is 0 Å². The summed E-state index contributed by atoms with van der Waals surface area (Å²) < 4.78 is 21.9. The average Bonchev–Trinajstić information content (AvgIpc) is 2.72. The maximum absolute atomic E-state index is 12.8. The van der Waals surface area contributed by atoms with Crippen molar-refractivity contribution in [3.63, 3.8) is 0 Å². The molecule has 0 spiro atoms. The van der Waals surface area contributed by atoms with Crippen LogP contribution in [0.15, 0.2) is 42.7 Å². The first-order chi connectivity index (χ1) is 12.7. The van der Waals surface area contributed by atoms with Crippen molar-refractivity contribution in [3.05, 3.63) is 48.3 Å². The largest absolute Gasteiger partial charge is 0.493 e. The fourth-order valence-corrected chi connectivity index (χ4v) is 2.78. The Morgan fingerprint density at radius 1 is 1.27 bits per heavy atom. The summed E-state index contributed by atoms with van der Waals surface area (Å²) in [6, 6.07) is 8.81. The summed E-state index contributed by atoms with van der Waals surface area (Å²) in [6.07, 6.45) is 3.15. The van der Waals surface area contributed by atoms with Crippen LogP contribution in [-0.2, 0) is 4.74 Å². The number of ether oxygens (including phenoxy) is 4. The van der Waals surface area contributed by atoms with E-state index in [2.05, 4.69) is 4.98 Å². The third-order valence-corrected chi connectivity index (χ3v) is 4.13. The Morgan fingerprint density at radius 3 is 2.85 bits per heavy atom. The van der Waals surface area contributed by atoms with Crippen LogP contribution in [0, 0.1) is 0 Å². The number of aromatic nitrogens is 1. The highest BCUT2D eigenvalue weighted by molar-refractivity contribution is 5.95. The molecule has 7 heteroatoms. The molecule has 1 atom stereocenters. The number of carbonyl (C=O) groups excluding carboxylic acids is 1. The molecule has 0 aliphatic carbocycles. The number of hydrogen-bond donors (Lipinski definition) is 0. The molecule has 2 heterocycles. The van der Waals surface area contributed by atoms with Gasteiger partial charge in [-0.25, -0.2) is 0 Å². The minimum Gasteiger partial charge on any atom is -0.493 e. The molecule has 7 nitrogen and oxygen atoms in total. The first kappa shape index (κ1) is 18.0. The maximum atomic E-state index is 12.8. The predicted octanol–water partition coefficient (Wildman–Crippen LogP) is 2.02. The second-order valence-corrected chi connectivity index (χ2v) is 5.81. The molecule has 2 aromatic rings. The summed E-state index contributed by atoms with van der Waals surface area (Å²) >= 11 is 0. The topological polar surface area (TPSA) is 70.1 Å². The van der Waals surface area contributed by atoms with E-state index in [4.69, 9.17) is 18.9 Å². The fraction of sp³-hybridized carbons (Fsp3) is 0.368. The zero-order valence-electron chi connectivity index (χ0n) is 14.9. The average molecular weight is 358 g/mol. The molecule has 1 unspecified atom stereocenters. The van der Waals surface area contributed by atoms with Gasteiger partial charge in [-0.2, -0.15) is 0 Å². The van der Waals surface area contributed by atoms with Gasteiger partial charge in [0.15, 0.2) is 11.5 Å². The lowest BCUT2D eigenvalue weighted by Gasteiger charge is -2.33. The van der Waals surface area contributed by atoms with Gasteiger partial charge in [-0.15, -0.1) is 0 Å². The van der Waals surface area contributed by atoms with Crippen LogP contribution in [0.25, 0.3) is 0 Å². The first-order valence-electron chi connectivity index (χ1n) is 8.37. The van der Waals surface area contributed by atoms with Crippen LogP contribution in [0.1, 0.15) is 10.4 Å². The van der Waals surface area contributed by atoms with Crippen molar-refractivity contribution in [1.82, 2.24) is 9.88 Å². The van der Waals surface area contributed by atoms with Crippen molar-refractivity contribution in [2.75, 3.05) is 40.5 Å². The maximum Gasteiger partial charge on any atom is 0.254 e. The minimum absolute atomic E-state index is 0.0689. The Labute approximate surface area is 152 Å². The van der Waals surface area contributed by atoms with E-state index in [-0.39, 0.29) is 12.0 Å². The smallest absolute Gasteiger partial charge is 0.254 e. The molecule has 1 saturated heterocycles. The molecule has 0 saturated carbocycles. The molecular formula is C19H22N2O5. The van der Waals surface area contributed by atoms with Gasteiger partial charge in [0.2, 0.25) is 0 Å². The van der Waals surface area contributed by atoms with E-state index in [1.54, 1.807) is 49.7 Å². The predicted molar refractivity (Wildman–Crippen MR) is 94.9 cm³/mol. The number of morpholine rings is 1. The molecule has 3 rings (SSSR count). The van der Waals surface area contributed by atoms with Crippen LogP contribution in [0.2, 0.25) is 0 Å². The summed E-state index contributed by atoms with van der Waals surface area (Å²) in [5, 5.41) is 0. The van der Waals surface area contributed by atoms with Gasteiger partial charge in [-0.1, -0.05) is 0 Å². The van der Waals surface area contributed by atoms with Gasteiger partial charge < -0.3 is 23.8 Å². The second-order valence-electron chi connectivity index (χ2n) is 5.81. The quantitative estimate of drug-likeness (QED) is 0.787. The number of amides is 1. The van der Waals surface area contributed by atoms with E-state index >= 15 is 0 Å². The van der Waals surface area contributed by atoms with Crippen molar-refractivity contribution in [2.24, 2.45) is 0 Å². The number of methoxy groups -OCH3 is 2. The van der Waals surface area contributed by atoms with Gasteiger partial charge in [0.1, 0.15) is 18.5 Å². The zero-order chi connectivity index (χ0) is 18.4. The summed E-state index contributed by atoms with van der Waals surface area (Å²) in [5.41, 5.74) is 0.552. The minimum atomic E-state index is -0.187. The van der Waals surface area contributed by atoms with E-state index in [0.29, 0.717) is 49.1 Å². The molecule has 1 aliphatic heterocycles. The van der Waals surface area contributed by atoms with Gasteiger partial charge >= 0.3 is 0 Å². The zero-order valence-corrected chi connectivity index (χ0v) is 14.9. The lowest BCUT2D eigenvalue weighted by Crippen LogP contribution is -2.47. The van der Waals surface area contributed by atoms with Crippen molar-refractivity contribution in [2.45, 2.75) is 6.10 Å². The fourth-order valence-electron chi connectivity index (χ4n) is 2.78. The number of pyridine rings is 1. The normalized spacial score (nSPS) is 16.8. The van der Waals surface area contributed by atoms with E-state index < -0.39 is 0 Å². The molecule has 1 aromatic heterocycles.